The molecule has 0 aliphatic heterocycles. The van der Waals surface area contributed by atoms with Gasteiger partial charge in [-0.05, 0) is 50.6 Å². The molecule has 1 heterocycles. The van der Waals surface area contributed by atoms with Gasteiger partial charge in [0.2, 0.25) is 0 Å². The van der Waals surface area contributed by atoms with E-state index in [4.69, 9.17) is 0 Å². The fourth-order valence-electron chi connectivity index (χ4n) is 2.53. The number of hydrogen-bond donors (Lipinski definition) is 1. The topological polar surface area (TPSA) is 29.9 Å². The van der Waals surface area contributed by atoms with Gasteiger partial charge >= 0.3 is 0 Å². The molecule has 0 spiro atoms. The third kappa shape index (κ3) is 3.70. The van der Waals surface area contributed by atoms with Crippen LogP contribution in [0.25, 0.3) is 0 Å². The van der Waals surface area contributed by atoms with Gasteiger partial charge in [-0.1, -0.05) is 35.0 Å². The summed E-state index contributed by atoms with van der Waals surface area (Å²) in [4.78, 5) is 0. The molecule has 0 saturated carbocycles. The van der Waals surface area contributed by atoms with E-state index < -0.39 is 0 Å². The summed E-state index contributed by atoms with van der Waals surface area (Å²) in [6.07, 6.45) is 0.971. The smallest absolute Gasteiger partial charge is 0.0597 e. The Hall–Kier alpha value is -1.13. The Morgan fingerprint density at radius 3 is 2.75 bits per heavy atom. The molecule has 0 saturated heterocycles. The number of aryl methyl sites for hydroxylation is 2. The minimum atomic E-state index is 0.301. The number of nitrogens with one attached hydrogen (secondary N) is 1. The van der Waals surface area contributed by atoms with Crippen molar-refractivity contribution in [3.05, 3.63) is 51.8 Å². The first-order chi connectivity index (χ1) is 9.63. The highest BCUT2D eigenvalue weighted by atomic mass is 79.9. The Labute approximate surface area is 129 Å². The van der Waals surface area contributed by atoms with Crippen LogP contribution in [0.5, 0.6) is 0 Å². The van der Waals surface area contributed by atoms with E-state index in [1.165, 1.54) is 11.3 Å². The third-order valence-electron chi connectivity index (χ3n) is 3.37. The van der Waals surface area contributed by atoms with Gasteiger partial charge in [-0.15, -0.1) is 0 Å². The van der Waals surface area contributed by atoms with Crippen LogP contribution in [0.4, 0.5) is 0 Å². The zero-order valence-corrected chi connectivity index (χ0v) is 13.9. The molecule has 4 heteroatoms. The van der Waals surface area contributed by atoms with Gasteiger partial charge in [0.1, 0.15) is 0 Å². The zero-order valence-electron chi connectivity index (χ0n) is 12.4. The lowest BCUT2D eigenvalue weighted by Crippen LogP contribution is -2.25. The molecule has 0 fully saturated rings. The summed E-state index contributed by atoms with van der Waals surface area (Å²) in [5.74, 6) is 0. The summed E-state index contributed by atoms with van der Waals surface area (Å²) in [6, 6.07) is 11.0. The number of halogens is 1. The highest BCUT2D eigenvalue weighted by Crippen LogP contribution is 2.21. The van der Waals surface area contributed by atoms with Gasteiger partial charge in [0.15, 0.2) is 0 Å². The summed E-state index contributed by atoms with van der Waals surface area (Å²) in [7, 11) is 0. The van der Waals surface area contributed by atoms with Gasteiger partial charge in [0.25, 0.3) is 0 Å². The van der Waals surface area contributed by atoms with E-state index >= 15 is 0 Å². The van der Waals surface area contributed by atoms with Gasteiger partial charge in [-0.3, -0.25) is 4.68 Å². The average molecular weight is 336 g/mol. The maximum atomic E-state index is 4.56. The van der Waals surface area contributed by atoms with E-state index in [1.807, 2.05) is 0 Å². The number of rotatable bonds is 6. The second kappa shape index (κ2) is 7.04. The molecule has 108 valence electrons. The van der Waals surface area contributed by atoms with Gasteiger partial charge in [-0.2, -0.15) is 5.10 Å². The van der Waals surface area contributed by atoms with Crippen molar-refractivity contribution in [2.45, 2.75) is 39.8 Å². The minimum Gasteiger partial charge on any atom is -0.309 e. The maximum Gasteiger partial charge on any atom is 0.0597 e. The van der Waals surface area contributed by atoms with Crippen molar-refractivity contribution < 1.29 is 0 Å². The van der Waals surface area contributed by atoms with Crippen molar-refractivity contribution in [3.8, 4) is 0 Å². The number of likely N-dealkylation sites (N-methyl/N-ethyl adjacent to an activating group) is 1. The number of aromatic nitrogens is 2. The van der Waals surface area contributed by atoms with Crippen LogP contribution >= 0.6 is 15.9 Å². The molecule has 2 rings (SSSR count). The summed E-state index contributed by atoms with van der Waals surface area (Å²) in [5.41, 5.74) is 3.68. The van der Waals surface area contributed by atoms with Crippen LogP contribution in [0.2, 0.25) is 0 Å². The predicted molar refractivity (Wildman–Crippen MR) is 86.9 cm³/mol. The zero-order chi connectivity index (χ0) is 14.5. The second-order valence-electron chi connectivity index (χ2n) is 4.97. The SMILES string of the molecule is CCNC(Cc1cccc(Br)c1)c1cc(C)nn1CC. The van der Waals surface area contributed by atoms with E-state index in [-0.39, 0.29) is 0 Å². The normalized spacial score (nSPS) is 12.6. The summed E-state index contributed by atoms with van der Waals surface area (Å²) >= 11 is 3.54. The van der Waals surface area contributed by atoms with Gasteiger partial charge < -0.3 is 5.32 Å². The lowest BCUT2D eigenvalue weighted by Gasteiger charge is -2.19. The Kier molecular flexibility index (Phi) is 5.38. The molecule has 1 atom stereocenters. The van der Waals surface area contributed by atoms with Crippen LogP contribution in [0.3, 0.4) is 0 Å². The fraction of sp³-hybridized carbons (Fsp3) is 0.438. The van der Waals surface area contributed by atoms with E-state index in [1.54, 1.807) is 0 Å². The first-order valence-electron chi connectivity index (χ1n) is 7.16. The van der Waals surface area contributed by atoms with Crippen LogP contribution in [0.1, 0.15) is 36.8 Å². The van der Waals surface area contributed by atoms with Crippen molar-refractivity contribution in [3.63, 3.8) is 0 Å². The summed E-state index contributed by atoms with van der Waals surface area (Å²) in [5, 5.41) is 8.14. The Balaban J connectivity index is 2.26. The largest absolute Gasteiger partial charge is 0.309 e. The molecule has 0 radical (unpaired) electrons. The molecule has 2 aromatic rings. The van der Waals surface area contributed by atoms with Crippen LogP contribution in [-0.4, -0.2) is 16.3 Å². The molecule has 20 heavy (non-hydrogen) atoms. The average Bonchev–Trinajstić information content (AvgIpc) is 2.79. The van der Waals surface area contributed by atoms with Crippen LogP contribution in [0, 0.1) is 6.92 Å². The number of nitrogens with zero attached hydrogens (tertiary/aromatic N) is 2. The van der Waals surface area contributed by atoms with Crippen molar-refractivity contribution in [1.29, 1.82) is 0 Å². The molecule has 1 N–H and O–H groups in total. The molecule has 3 nitrogen and oxygen atoms in total. The predicted octanol–water partition coefficient (Wildman–Crippen LogP) is 3.87. The lowest BCUT2D eigenvalue weighted by atomic mass is 10.0. The monoisotopic (exact) mass is 335 g/mol. The number of benzene rings is 1. The molecule has 1 aromatic heterocycles. The first-order valence-corrected chi connectivity index (χ1v) is 7.95. The van der Waals surface area contributed by atoms with E-state index in [9.17, 15) is 0 Å². The minimum absolute atomic E-state index is 0.301. The van der Waals surface area contributed by atoms with Crippen molar-refractivity contribution in [2.24, 2.45) is 0 Å². The third-order valence-corrected chi connectivity index (χ3v) is 3.86. The van der Waals surface area contributed by atoms with Crippen LogP contribution < -0.4 is 5.32 Å². The summed E-state index contributed by atoms with van der Waals surface area (Å²) in [6.45, 7) is 8.19. The molecule has 0 bridgehead atoms. The van der Waals surface area contributed by atoms with Gasteiger partial charge in [0.05, 0.1) is 17.4 Å². The van der Waals surface area contributed by atoms with Crippen molar-refractivity contribution in [2.75, 3.05) is 6.54 Å². The molecular weight excluding hydrogens is 314 g/mol. The molecule has 1 unspecified atom stereocenters. The summed E-state index contributed by atoms with van der Waals surface area (Å²) < 4.78 is 3.23. The fourth-order valence-corrected chi connectivity index (χ4v) is 2.97. The van der Waals surface area contributed by atoms with Gasteiger partial charge in [-0.25, -0.2) is 0 Å². The second-order valence-corrected chi connectivity index (χ2v) is 5.89. The van der Waals surface area contributed by atoms with Crippen molar-refractivity contribution in [1.82, 2.24) is 15.1 Å². The molecular formula is C16H22BrN3. The van der Waals surface area contributed by atoms with Crippen LogP contribution in [0.15, 0.2) is 34.8 Å². The highest BCUT2D eigenvalue weighted by Gasteiger charge is 2.16. The standard InChI is InChI=1S/C16H22BrN3/c1-4-18-15(11-13-7-6-8-14(17)10-13)16-9-12(3)19-20(16)5-2/h6-10,15,18H,4-5,11H2,1-3H3. The molecule has 0 amide bonds. The van der Waals surface area contributed by atoms with E-state index in [0.29, 0.717) is 6.04 Å². The maximum absolute atomic E-state index is 4.56. The number of hydrogen-bond acceptors (Lipinski definition) is 2. The van der Waals surface area contributed by atoms with Gasteiger partial charge in [0, 0.05) is 11.0 Å². The van der Waals surface area contributed by atoms with Crippen LogP contribution in [-0.2, 0) is 13.0 Å². The van der Waals surface area contributed by atoms with E-state index in [0.717, 1.165) is 29.7 Å². The molecule has 0 aliphatic rings. The Bertz CT molecular complexity index is 563. The molecule has 1 aromatic carbocycles. The van der Waals surface area contributed by atoms with E-state index in [2.05, 4.69) is 82.1 Å². The highest BCUT2D eigenvalue weighted by molar-refractivity contribution is 9.10. The first kappa shape index (κ1) is 15.3. The lowest BCUT2D eigenvalue weighted by molar-refractivity contribution is 0.490. The Morgan fingerprint density at radius 1 is 1.30 bits per heavy atom. The molecule has 0 aliphatic carbocycles. The quantitative estimate of drug-likeness (QED) is 0.868. The van der Waals surface area contributed by atoms with Crippen molar-refractivity contribution >= 4 is 15.9 Å². The Morgan fingerprint density at radius 2 is 2.10 bits per heavy atom.